The quantitative estimate of drug-likeness (QED) is 0.600. The number of thiazole rings is 1. The molecule has 1 aromatic carbocycles. The number of hydrogen-bond acceptors (Lipinski definition) is 4. The Hall–Kier alpha value is -2.73. The maximum atomic E-state index is 12.9. The van der Waals surface area contributed by atoms with Gasteiger partial charge in [0.1, 0.15) is 5.01 Å². The molecule has 0 bridgehead atoms. The molecular weight excluding hydrogens is 368 g/mol. The second-order valence-corrected chi connectivity index (χ2v) is 8.33. The largest absolute Gasteiger partial charge is 0.322 e. The summed E-state index contributed by atoms with van der Waals surface area (Å²) < 4.78 is 0. The molecule has 0 unspecified atom stereocenters. The standard InChI is InChI=1S/C22H24N4OS/c1-15(2)26(14-16-4-3-5-18(12-16)21-23-10-11-28-21)22(27)25-19-8-9-20(24-13-19)17-6-7-17/h3-5,8-13,15,17H,6-7,14H2,1-2H3,(H,25,27). The van der Waals surface area contributed by atoms with E-state index in [1.165, 1.54) is 12.8 Å². The van der Waals surface area contributed by atoms with Gasteiger partial charge in [0, 0.05) is 41.3 Å². The molecule has 1 N–H and O–H groups in total. The minimum absolute atomic E-state index is 0.0715. The summed E-state index contributed by atoms with van der Waals surface area (Å²) >= 11 is 1.61. The van der Waals surface area contributed by atoms with Gasteiger partial charge in [-0.3, -0.25) is 4.98 Å². The zero-order chi connectivity index (χ0) is 19.5. The second kappa shape index (κ2) is 8.10. The summed E-state index contributed by atoms with van der Waals surface area (Å²) in [7, 11) is 0. The van der Waals surface area contributed by atoms with E-state index in [1.54, 1.807) is 17.5 Å². The van der Waals surface area contributed by atoms with Gasteiger partial charge >= 0.3 is 6.03 Å². The molecule has 4 rings (SSSR count). The van der Waals surface area contributed by atoms with Crippen molar-refractivity contribution in [2.75, 3.05) is 5.32 Å². The highest BCUT2D eigenvalue weighted by Crippen LogP contribution is 2.38. The van der Waals surface area contributed by atoms with Crippen LogP contribution in [0.1, 0.15) is 43.9 Å². The molecule has 3 aromatic rings. The van der Waals surface area contributed by atoms with Crippen LogP contribution in [0.25, 0.3) is 10.6 Å². The minimum Gasteiger partial charge on any atom is -0.318 e. The summed E-state index contributed by atoms with van der Waals surface area (Å²) in [4.78, 5) is 23.6. The van der Waals surface area contributed by atoms with Gasteiger partial charge in [0.15, 0.2) is 0 Å². The number of carbonyl (C=O) groups is 1. The van der Waals surface area contributed by atoms with Crippen molar-refractivity contribution in [1.29, 1.82) is 0 Å². The molecule has 0 saturated heterocycles. The van der Waals surface area contributed by atoms with E-state index in [-0.39, 0.29) is 12.1 Å². The highest BCUT2D eigenvalue weighted by molar-refractivity contribution is 7.13. The average Bonchev–Trinajstić information content (AvgIpc) is 3.40. The molecule has 2 aromatic heterocycles. The Labute approximate surface area is 169 Å². The molecule has 1 fully saturated rings. The van der Waals surface area contributed by atoms with Crippen LogP contribution in [-0.4, -0.2) is 26.9 Å². The first-order chi connectivity index (χ1) is 13.6. The van der Waals surface area contributed by atoms with Crippen LogP contribution in [0.2, 0.25) is 0 Å². The van der Waals surface area contributed by atoms with E-state index in [4.69, 9.17) is 0 Å². The average molecular weight is 393 g/mol. The van der Waals surface area contributed by atoms with Crippen molar-refractivity contribution in [1.82, 2.24) is 14.9 Å². The first-order valence-electron chi connectivity index (χ1n) is 9.62. The van der Waals surface area contributed by atoms with Crippen molar-refractivity contribution in [3.63, 3.8) is 0 Å². The molecule has 1 aliphatic carbocycles. The van der Waals surface area contributed by atoms with E-state index in [0.29, 0.717) is 12.5 Å². The number of rotatable bonds is 6. The third-order valence-corrected chi connectivity index (χ3v) is 5.70. The van der Waals surface area contributed by atoms with Crippen LogP contribution in [0.3, 0.4) is 0 Å². The van der Waals surface area contributed by atoms with Gasteiger partial charge in [-0.25, -0.2) is 9.78 Å². The summed E-state index contributed by atoms with van der Waals surface area (Å²) in [5.41, 5.74) is 4.02. The van der Waals surface area contributed by atoms with Crippen molar-refractivity contribution in [2.45, 2.75) is 45.2 Å². The summed E-state index contributed by atoms with van der Waals surface area (Å²) in [6.07, 6.45) is 6.01. The van der Waals surface area contributed by atoms with E-state index in [0.717, 1.165) is 27.5 Å². The third kappa shape index (κ3) is 4.39. The molecule has 2 amide bonds. The number of nitrogens with one attached hydrogen (secondary N) is 1. The van der Waals surface area contributed by atoms with E-state index in [2.05, 4.69) is 27.4 Å². The molecule has 1 saturated carbocycles. The topological polar surface area (TPSA) is 58.1 Å². The Morgan fingerprint density at radius 3 is 2.75 bits per heavy atom. The fourth-order valence-electron chi connectivity index (χ4n) is 3.15. The highest BCUT2D eigenvalue weighted by atomic mass is 32.1. The third-order valence-electron chi connectivity index (χ3n) is 4.88. The summed E-state index contributed by atoms with van der Waals surface area (Å²) in [6.45, 7) is 4.59. The smallest absolute Gasteiger partial charge is 0.318 e. The monoisotopic (exact) mass is 392 g/mol. The van der Waals surface area contributed by atoms with Crippen LogP contribution >= 0.6 is 11.3 Å². The van der Waals surface area contributed by atoms with Crippen LogP contribution in [0.15, 0.2) is 54.2 Å². The van der Waals surface area contributed by atoms with Crippen LogP contribution in [-0.2, 0) is 6.54 Å². The van der Waals surface area contributed by atoms with Crippen molar-refractivity contribution >= 4 is 23.1 Å². The Bertz CT molecular complexity index is 933. The number of aromatic nitrogens is 2. The Kier molecular flexibility index (Phi) is 5.39. The maximum absolute atomic E-state index is 12.9. The zero-order valence-electron chi connectivity index (χ0n) is 16.1. The minimum atomic E-state index is -0.115. The molecule has 0 radical (unpaired) electrons. The lowest BCUT2D eigenvalue weighted by Gasteiger charge is -2.27. The molecule has 144 valence electrons. The second-order valence-electron chi connectivity index (χ2n) is 7.44. The molecule has 6 heteroatoms. The predicted octanol–water partition coefficient (Wildman–Crippen LogP) is 5.53. The Morgan fingerprint density at radius 2 is 2.11 bits per heavy atom. The maximum Gasteiger partial charge on any atom is 0.322 e. The summed E-state index contributed by atoms with van der Waals surface area (Å²) in [6, 6.07) is 12.1. The highest BCUT2D eigenvalue weighted by Gasteiger charge is 2.25. The number of hydrogen-bond donors (Lipinski definition) is 1. The lowest BCUT2D eigenvalue weighted by molar-refractivity contribution is 0.193. The molecule has 0 spiro atoms. The Balaban J connectivity index is 1.46. The molecule has 28 heavy (non-hydrogen) atoms. The van der Waals surface area contributed by atoms with Crippen LogP contribution in [0, 0.1) is 0 Å². The number of urea groups is 1. The number of amides is 2. The number of anilines is 1. The van der Waals surface area contributed by atoms with Crippen molar-refractivity contribution in [2.24, 2.45) is 0 Å². The normalized spacial score (nSPS) is 13.5. The predicted molar refractivity (Wildman–Crippen MR) is 113 cm³/mol. The fourth-order valence-corrected chi connectivity index (χ4v) is 3.78. The number of benzene rings is 1. The van der Waals surface area contributed by atoms with Gasteiger partial charge in [0.2, 0.25) is 0 Å². The lowest BCUT2D eigenvalue weighted by atomic mass is 10.1. The van der Waals surface area contributed by atoms with Crippen molar-refractivity contribution in [3.05, 3.63) is 65.4 Å². The number of carbonyl (C=O) groups excluding carboxylic acids is 1. The van der Waals surface area contributed by atoms with E-state index < -0.39 is 0 Å². The Morgan fingerprint density at radius 1 is 1.25 bits per heavy atom. The molecular formula is C22H24N4OS. The first kappa shape index (κ1) is 18.6. The lowest BCUT2D eigenvalue weighted by Crippen LogP contribution is -2.39. The van der Waals surface area contributed by atoms with Crippen molar-refractivity contribution in [3.8, 4) is 10.6 Å². The van der Waals surface area contributed by atoms with Gasteiger partial charge in [-0.15, -0.1) is 11.3 Å². The van der Waals surface area contributed by atoms with E-state index >= 15 is 0 Å². The first-order valence-corrected chi connectivity index (χ1v) is 10.5. The summed E-state index contributed by atoms with van der Waals surface area (Å²) in [5.74, 6) is 0.613. The van der Waals surface area contributed by atoms with Crippen LogP contribution in [0.4, 0.5) is 10.5 Å². The molecule has 0 atom stereocenters. The molecule has 5 nitrogen and oxygen atoms in total. The SMILES string of the molecule is CC(C)N(Cc1cccc(-c2nccs2)c1)C(=O)Nc1ccc(C2CC2)nc1. The van der Waals surface area contributed by atoms with Crippen molar-refractivity contribution < 1.29 is 4.79 Å². The van der Waals surface area contributed by atoms with Gasteiger partial charge in [-0.1, -0.05) is 18.2 Å². The molecule has 2 heterocycles. The van der Waals surface area contributed by atoms with Gasteiger partial charge in [0.05, 0.1) is 11.9 Å². The zero-order valence-corrected chi connectivity index (χ0v) is 16.9. The van der Waals surface area contributed by atoms with Gasteiger partial charge in [-0.2, -0.15) is 0 Å². The summed E-state index contributed by atoms with van der Waals surface area (Å²) in [5, 5.41) is 5.95. The molecule has 1 aliphatic rings. The number of nitrogens with zero attached hydrogens (tertiary/aromatic N) is 3. The van der Waals surface area contributed by atoms with E-state index in [9.17, 15) is 4.79 Å². The fraction of sp³-hybridized carbons (Fsp3) is 0.318. The van der Waals surface area contributed by atoms with E-state index in [1.807, 2.05) is 54.6 Å². The van der Waals surface area contributed by atoms with Crippen LogP contribution in [0.5, 0.6) is 0 Å². The molecule has 0 aliphatic heterocycles. The van der Waals surface area contributed by atoms with Crippen LogP contribution < -0.4 is 5.32 Å². The van der Waals surface area contributed by atoms with Gasteiger partial charge in [0.25, 0.3) is 0 Å². The van der Waals surface area contributed by atoms with Gasteiger partial charge < -0.3 is 10.2 Å². The number of pyridine rings is 1. The van der Waals surface area contributed by atoms with Gasteiger partial charge in [-0.05, 0) is 50.5 Å².